The summed E-state index contributed by atoms with van der Waals surface area (Å²) in [6, 6.07) is 0. The van der Waals surface area contributed by atoms with Crippen LogP contribution < -0.4 is 0 Å². The van der Waals surface area contributed by atoms with E-state index in [2.05, 4.69) is 0 Å². The minimum atomic E-state index is -1.44. The molecule has 0 N–H and O–H groups in total. The average molecular weight is 268 g/mol. The van der Waals surface area contributed by atoms with Crippen molar-refractivity contribution in [2.24, 2.45) is 11.3 Å². The van der Waals surface area contributed by atoms with Gasteiger partial charge in [-0.1, -0.05) is 54.7 Å². The van der Waals surface area contributed by atoms with Crippen molar-refractivity contribution in [2.75, 3.05) is 0 Å². The third kappa shape index (κ3) is 2.41. The molecule has 4 heteroatoms. The van der Waals surface area contributed by atoms with E-state index in [-0.39, 0.29) is 11.7 Å². The van der Waals surface area contributed by atoms with Crippen molar-refractivity contribution in [1.29, 1.82) is 0 Å². The molecule has 0 amide bonds. The lowest BCUT2D eigenvalue weighted by Crippen LogP contribution is -2.36. The SMILES string of the molecule is CC(C)C1=CC(=O)C=C[C@]1(C)C(Cl)(Cl)Cl. The van der Waals surface area contributed by atoms with Gasteiger partial charge in [0.15, 0.2) is 5.78 Å². The first kappa shape index (κ1) is 13.1. The Morgan fingerprint density at radius 2 is 1.87 bits per heavy atom. The van der Waals surface area contributed by atoms with Crippen LogP contribution in [0.5, 0.6) is 0 Å². The first-order valence-electron chi connectivity index (χ1n) is 4.70. The lowest BCUT2D eigenvalue weighted by atomic mass is 9.74. The monoisotopic (exact) mass is 266 g/mol. The Kier molecular flexibility index (Phi) is 3.59. The fourth-order valence-electron chi connectivity index (χ4n) is 1.72. The highest BCUT2D eigenvalue weighted by Gasteiger charge is 2.47. The summed E-state index contributed by atoms with van der Waals surface area (Å²) in [4.78, 5) is 11.3. The quantitative estimate of drug-likeness (QED) is 0.654. The zero-order valence-corrected chi connectivity index (χ0v) is 11.1. The molecule has 1 atom stereocenters. The maximum absolute atomic E-state index is 11.3. The van der Waals surface area contributed by atoms with Crippen molar-refractivity contribution in [3.63, 3.8) is 0 Å². The number of carbonyl (C=O) groups is 1. The Labute approximate surface area is 105 Å². The Morgan fingerprint density at radius 3 is 2.27 bits per heavy atom. The maximum atomic E-state index is 11.3. The number of ketones is 1. The molecule has 84 valence electrons. The Hall–Kier alpha value is 0.0200. The van der Waals surface area contributed by atoms with E-state index in [9.17, 15) is 4.79 Å². The van der Waals surface area contributed by atoms with Crippen LogP contribution in [0, 0.1) is 11.3 Å². The minimum Gasteiger partial charge on any atom is -0.290 e. The van der Waals surface area contributed by atoms with E-state index in [1.54, 1.807) is 12.2 Å². The molecule has 0 aromatic rings. The van der Waals surface area contributed by atoms with Gasteiger partial charge in [0, 0.05) is 0 Å². The topological polar surface area (TPSA) is 17.1 Å². The molecule has 15 heavy (non-hydrogen) atoms. The number of allylic oxidation sites excluding steroid dienone is 4. The second kappa shape index (κ2) is 4.12. The van der Waals surface area contributed by atoms with E-state index in [0.717, 1.165) is 5.57 Å². The third-order valence-electron chi connectivity index (χ3n) is 2.69. The number of carbonyl (C=O) groups excluding carboxylic acids is 1. The van der Waals surface area contributed by atoms with Gasteiger partial charge in [0.1, 0.15) is 0 Å². The first-order chi connectivity index (χ1) is 6.68. The van der Waals surface area contributed by atoms with Gasteiger partial charge < -0.3 is 0 Å². The molecule has 0 aliphatic heterocycles. The second-order valence-electron chi connectivity index (χ2n) is 4.19. The van der Waals surface area contributed by atoms with Crippen LogP contribution >= 0.6 is 34.8 Å². The summed E-state index contributed by atoms with van der Waals surface area (Å²) in [6.07, 6.45) is 4.69. The highest BCUT2D eigenvalue weighted by Crippen LogP contribution is 2.53. The van der Waals surface area contributed by atoms with Crippen molar-refractivity contribution in [2.45, 2.75) is 24.6 Å². The van der Waals surface area contributed by atoms with Crippen molar-refractivity contribution < 1.29 is 4.79 Å². The fourth-order valence-corrected chi connectivity index (χ4v) is 2.24. The van der Waals surface area contributed by atoms with Gasteiger partial charge in [-0.3, -0.25) is 4.79 Å². The molecule has 0 unspecified atom stereocenters. The zero-order chi connectivity index (χ0) is 11.9. The lowest BCUT2D eigenvalue weighted by molar-refractivity contribution is -0.110. The summed E-state index contributed by atoms with van der Waals surface area (Å²) < 4.78 is -1.44. The molecular formula is C11H13Cl3O. The number of halogens is 3. The van der Waals surface area contributed by atoms with Gasteiger partial charge in [-0.15, -0.1) is 0 Å². The Bertz CT molecular complexity index is 336. The molecule has 0 bridgehead atoms. The van der Waals surface area contributed by atoms with Crippen molar-refractivity contribution in [3.8, 4) is 0 Å². The summed E-state index contributed by atoms with van der Waals surface area (Å²) in [5, 5.41) is 0. The molecular weight excluding hydrogens is 254 g/mol. The molecule has 0 fully saturated rings. The highest BCUT2D eigenvalue weighted by molar-refractivity contribution is 6.68. The normalized spacial score (nSPS) is 27.1. The van der Waals surface area contributed by atoms with Crippen LogP contribution in [0.2, 0.25) is 0 Å². The summed E-state index contributed by atoms with van der Waals surface area (Å²) in [5.41, 5.74) is 0.148. The molecule has 1 rings (SSSR count). The molecule has 0 heterocycles. The van der Waals surface area contributed by atoms with Gasteiger partial charge in [-0.25, -0.2) is 0 Å². The van der Waals surface area contributed by atoms with Gasteiger partial charge in [0.25, 0.3) is 0 Å². The van der Waals surface area contributed by atoms with E-state index in [1.807, 2.05) is 20.8 Å². The van der Waals surface area contributed by atoms with Crippen LogP contribution in [-0.2, 0) is 4.79 Å². The van der Waals surface area contributed by atoms with E-state index in [0.29, 0.717) is 0 Å². The lowest BCUT2D eigenvalue weighted by Gasteiger charge is -2.39. The van der Waals surface area contributed by atoms with Crippen LogP contribution in [0.4, 0.5) is 0 Å². The number of alkyl halides is 3. The second-order valence-corrected chi connectivity index (χ2v) is 6.47. The largest absolute Gasteiger partial charge is 0.290 e. The average Bonchev–Trinajstić information content (AvgIpc) is 2.07. The third-order valence-corrected chi connectivity index (χ3v) is 3.87. The first-order valence-corrected chi connectivity index (χ1v) is 5.84. The van der Waals surface area contributed by atoms with E-state index < -0.39 is 9.21 Å². The van der Waals surface area contributed by atoms with Crippen LogP contribution in [0.15, 0.2) is 23.8 Å². The standard InChI is InChI=1S/C11H13Cl3O/c1-7(2)9-6-8(15)4-5-10(9,3)11(12,13)14/h4-7H,1-3H3/t10-/m0/s1. The Balaban J connectivity index is 3.24. The molecule has 0 saturated heterocycles. The van der Waals surface area contributed by atoms with Crippen LogP contribution in [0.25, 0.3) is 0 Å². The summed E-state index contributed by atoms with van der Waals surface area (Å²) in [5.74, 6) is 0.116. The van der Waals surface area contributed by atoms with E-state index in [1.165, 1.54) is 6.08 Å². The van der Waals surface area contributed by atoms with Gasteiger partial charge in [-0.05, 0) is 30.6 Å². The smallest absolute Gasteiger partial charge is 0.202 e. The van der Waals surface area contributed by atoms with E-state index in [4.69, 9.17) is 34.8 Å². The molecule has 1 aliphatic rings. The van der Waals surface area contributed by atoms with Gasteiger partial charge in [0.2, 0.25) is 3.79 Å². The summed E-state index contributed by atoms with van der Waals surface area (Å²) in [6.45, 7) is 5.79. The van der Waals surface area contributed by atoms with Gasteiger partial charge in [-0.2, -0.15) is 0 Å². The van der Waals surface area contributed by atoms with Crippen LogP contribution in [0.1, 0.15) is 20.8 Å². The van der Waals surface area contributed by atoms with Crippen LogP contribution in [-0.4, -0.2) is 9.58 Å². The fraction of sp³-hybridized carbons (Fsp3) is 0.545. The van der Waals surface area contributed by atoms with Gasteiger partial charge in [0.05, 0.1) is 5.41 Å². The predicted octanol–water partition coefficient (Wildman–Crippen LogP) is 4.08. The molecule has 0 radical (unpaired) electrons. The predicted molar refractivity (Wildman–Crippen MR) is 65.5 cm³/mol. The highest BCUT2D eigenvalue weighted by atomic mass is 35.6. The van der Waals surface area contributed by atoms with Crippen molar-refractivity contribution >= 4 is 40.6 Å². The van der Waals surface area contributed by atoms with Crippen LogP contribution in [0.3, 0.4) is 0 Å². The number of hydrogen-bond acceptors (Lipinski definition) is 1. The minimum absolute atomic E-state index is 0.0505. The zero-order valence-electron chi connectivity index (χ0n) is 8.85. The number of hydrogen-bond donors (Lipinski definition) is 0. The van der Waals surface area contributed by atoms with Gasteiger partial charge >= 0.3 is 0 Å². The maximum Gasteiger partial charge on any atom is 0.202 e. The molecule has 0 aromatic heterocycles. The molecule has 0 aromatic carbocycles. The van der Waals surface area contributed by atoms with Crippen molar-refractivity contribution in [3.05, 3.63) is 23.8 Å². The molecule has 1 nitrogen and oxygen atoms in total. The Morgan fingerprint density at radius 1 is 1.33 bits per heavy atom. The number of rotatable bonds is 1. The summed E-state index contributed by atoms with van der Waals surface area (Å²) >= 11 is 17.9. The molecule has 0 spiro atoms. The molecule has 0 saturated carbocycles. The van der Waals surface area contributed by atoms with E-state index >= 15 is 0 Å². The van der Waals surface area contributed by atoms with Crippen molar-refractivity contribution in [1.82, 2.24) is 0 Å². The molecule has 1 aliphatic carbocycles. The summed E-state index contributed by atoms with van der Waals surface area (Å²) in [7, 11) is 0.